The van der Waals surface area contributed by atoms with Crippen LogP contribution >= 0.6 is 0 Å². The van der Waals surface area contributed by atoms with E-state index in [-0.39, 0.29) is 22.9 Å². The molecule has 1 fully saturated rings. The number of H-pyrrole nitrogens is 1. The van der Waals surface area contributed by atoms with Crippen molar-refractivity contribution in [3.63, 3.8) is 0 Å². The Morgan fingerprint density at radius 3 is 2.65 bits per heavy atom. The molecule has 3 heterocycles. The highest BCUT2D eigenvalue weighted by Crippen LogP contribution is 2.26. The Morgan fingerprint density at radius 1 is 1.09 bits per heavy atom. The fourth-order valence-corrected chi connectivity index (χ4v) is 4.58. The molecule has 1 aliphatic heterocycles. The number of benzene rings is 2. The molecule has 8 nitrogen and oxygen atoms in total. The van der Waals surface area contributed by atoms with E-state index < -0.39 is 0 Å². The fourth-order valence-electron chi connectivity index (χ4n) is 4.58. The first-order valence-electron chi connectivity index (χ1n) is 11.6. The highest BCUT2D eigenvalue weighted by molar-refractivity contribution is 5.94. The number of hydrogen-bond donors (Lipinski definition) is 1. The molecule has 5 rings (SSSR count). The first kappa shape index (κ1) is 22.0. The van der Waals surface area contributed by atoms with Gasteiger partial charge in [-0.15, -0.1) is 5.10 Å². The summed E-state index contributed by atoms with van der Waals surface area (Å²) in [6, 6.07) is 13.9. The third-order valence-corrected chi connectivity index (χ3v) is 6.61. The molecule has 4 aromatic rings. The number of amides is 1. The quantitative estimate of drug-likeness (QED) is 0.507. The number of nitrogens with zero attached hydrogens (tertiary/aromatic N) is 5. The molecule has 0 aliphatic carbocycles. The topological polar surface area (TPSA) is 96.8 Å². The van der Waals surface area contributed by atoms with Gasteiger partial charge in [-0.3, -0.25) is 9.59 Å². The van der Waals surface area contributed by atoms with Gasteiger partial charge < -0.3 is 9.88 Å². The maximum Gasteiger partial charge on any atom is 0.281 e. The summed E-state index contributed by atoms with van der Waals surface area (Å²) in [5.41, 5.74) is 5.64. The van der Waals surface area contributed by atoms with E-state index in [2.05, 4.69) is 47.3 Å². The molecule has 1 aliphatic rings. The van der Waals surface area contributed by atoms with Crippen LogP contribution in [0, 0.1) is 20.8 Å². The molecule has 0 unspecified atom stereocenters. The number of fused-ring (bicyclic) bond motifs is 1. The summed E-state index contributed by atoms with van der Waals surface area (Å²) >= 11 is 0. The standard InChI is InChI=1S/C26H28N6O2/c1-16-7-10-19(11-8-16)26(34)31-12-4-5-20(14-31)23-27-24-22(25(33)28-23)29-30-32(24)15-21-13-17(2)6-9-18(21)3/h6-11,13,20H,4-5,12,14-15H2,1-3H3,(H,27,28,33)/t20-/m1/s1. The van der Waals surface area contributed by atoms with Gasteiger partial charge in [0.2, 0.25) is 0 Å². The van der Waals surface area contributed by atoms with Gasteiger partial charge in [0, 0.05) is 24.6 Å². The summed E-state index contributed by atoms with van der Waals surface area (Å²) in [6.07, 6.45) is 1.70. The summed E-state index contributed by atoms with van der Waals surface area (Å²) in [5.74, 6) is 0.544. The van der Waals surface area contributed by atoms with Crippen LogP contribution < -0.4 is 5.56 Å². The minimum absolute atomic E-state index is 0.00903. The molecule has 0 bridgehead atoms. The van der Waals surface area contributed by atoms with E-state index in [0.717, 1.165) is 35.1 Å². The lowest BCUT2D eigenvalue weighted by Crippen LogP contribution is -2.40. The number of likely N-dealkylation sites (tertiary alicyclic amines) is 1. The van der Waals surface area contributed by atoms with Gasteiger partial charge in [-0.2, -0.15) is 0 Å². The Hall–Kier alpha value is -3.81. The number of piperidine rings is 1. The Kier molecular flexibility index (Phi) is 5.73. The van der Waals surface area contributed by atoms with Crippen LogP contribution in [0.3, 0.4) is 0 Å². The zero-order valence-corrected chi connectivity index (χ0v) is 19.7. The van der Waals surface area contributed by atoms with Crippen LogP contribution in [0.25, 0.3) is 11.2 Å². The monoisotopic (exact) mass is 456 g/mol. The van der Waals surface area contributed by atoms with Crippen LogP contribution in [-0.4, -0.2) is 48.9 Å². The third-order valence-electron chi connectivity index (χ3n) is 6.61. The molecule has 1 amide bonds. The second-order valence-electron chi connectivity index (χ2n) is 9.26. The number of aryl methyl sites for hydroxylation is 3. The number of nitrogens with one attached hydrogen (secondary N) is 1. The minimum atomic E-state index is -0.297. The molecule has 0 radical (unpaired) electrons. The maximum atomic E-state index is 13.1. The minimum Gasteiger partial charge on any atom is -0.338 e. The molecule has 1 atom stereocenters. The molecular formula is C26H28N6O2. The van der Waals surface area contributed by atoms with Crippen molar-refractivity contribution in [1.29, 1.82) is 0 Å². The predicted octanol–water partition coefficient (Wildman–Crippen LogP) is 3.51. The lowest BCUT2D eigenvalue weighted by Gasteiger charge is -2.32. The largest absolute Gasteiger partial charge is 0.338 e. The van der Waals surface area contributed by atoms with Crippen LogP contribution in [0.5, 0.6) is 0 Å². The third kappa shape index (κ3) is 4.23. The average molecular weight is 457 g/mol. The van der Waals surface area contributed by atoms with Crippen LogP contribution in [0.4, 0.5) is 0 Å². The smallest absolute Gasteiger partial charge is 0.281 e. The van der Waals surface area contributed by atoms with Gasteiger partial charge >= 0.3 is 0 Å². The highest BCUT2D eigenvalue weighted by Gasteiger charge is 2.28. The molecule has 174 valence electrons. The maximum absolute atomic E-state index is 13.1. The van der Waals surface area contributed by atoms with E-state index in [1.165, 1.54) is 0 Å². The average Bonchev–Trinajstić information content (AvgIpc) is 3.25. The highest BCUT2D eigenvalue weighted by atomic mass is 16.2. The summed E-state index contributed by atoms with van der Waals surface area (Å²) in [6.45, 7) is 7.81. The Balaban J connectivity index is 1.43. The second kappa shape index (κ2) is 8.85. The number of rotatable bonds is 4. The summed E-state index contributed by atoms with van der Waals surface area (Å²) < 4.78 is 1.69. The summed E-state index contributed by atoms with van der Waals surface area (Å²) in [7, 11) is 0. The van der Waals surface area contributed by atoms with Crippen LogP contribution in [0.2, 0.25) is 0 Å². The number of aromatic nitrogens is 5. The SMILES string of the molecule is Cc1ccc(C(=O)N2CCC[C@@H](c3nc4c(nnn4Cc4cc(C)ccc4C)c(=O)[nH]3)C2)cc1. The molecule has 2 aromatic carbocycles. The molecule has 34 heavy (non-hydrogen) atoms. The van der Waals surface area contributed by atoms with Gasteiger partial charge in [0.15, 0.2) is 11.2 Å². The van der Waals surface area contributed by atoms with E-state index in [9.17, 15) is 9.59 Å². The Bertz CT molecular complexity index is 1420. The van der Waals surface area contributed by atoms with E-state index >= 15 is 0 Å². The van der Waals surface area contributed by atoms with Crippen molar-refractivity contribution in [2.24, 2.45) is 0 Å². The summed E-state index contributed by atoms with van der Waals surface area (Å²) in [5, 5.41) is 8.30. The number of carbonyl (C=O) groups is 1. The zero-order valence-electron chi connectivity index (χ0n) is 19.7. The van der Waals surface area contributed by atoms with Crippen LogP contribution in [0.1, 0.15) is 57.2 Å². The Morgan fingerprint density at radius 2 is 1.85 bits per heavy atom. The lowest BCUT2D eigenvalue weighted by molar-refractivity contribution is 0.0704. The lowest BCUT2D eigenvalue weighted by atomic mass is 9.96. The first-order chi connectivity index (χ1) is 16.4. The molecule has 2 aromatic heterocycles. The number of aromatic amines is 1. The molecule has 0 saturated carbocycles. The molecule has 0 spiro atoms. The van der Waals surface area contributed by atoms with Crippen molar-refractivity contribution in [3.8, 4) is 0 Å². The van der Waals surface area contributed by atoms with E-state index in [1.54, 1.807) is 4.68 Å². The van der Waals surface area contributed by atoms with Gasteiger partial charge in [0.1, 0.15) is 5.82 Å². The molecule has 1 saturated heterocycles. The first-order valence-corrected chi connectivity index (χ1v) is 11.6. The van der Waals surface area contributed by atoms with Crippen molar-refractivity contribution in [2.75, 3.05) is 13.1 Å². The van der Waals surface area contributed by atoms with E-state index in [0.29, 0.717) is 36.7 Å². The van der Waals surface area contributed by atoms with E-state index in [4.69, 9.17) is 4.98 Å². The number of hydrogen-bond acceptors (Lipinski definition) is 5. The number of carbonyl (C=O) groups excluding carboxylic acids is 1. The molecular weight excluding hydrogens is 428 g/mol. The van der Waals surface area contributed by atoms with E-state index in [1.807, 2.05) is 36.1 Å². The summed E-state index contributed by atoms with van der Waals surface area (Å²) in [4.78, 5) is 35.4. The predicted molar refractivity (Wildman–Crippen MR) is 130 cm³/mol. The van der Waals surface area contributed by atoms with Gasteiger partial charge in [-0.25, -0.2) is 9.67 Å². The van der Waals surface area contributed by atoms with Gasteiger partial charge in [0.25, 0.3) is 11.5 Å². The van der Waals surface area contributed by atoms with Crippen LogP contribution in [0.15, 0.2) is 47.3 Å². The van der Waals surface area contributed by atoms with Crippen molar-refractivity contribution in [1.82, 2.24) is 29.9 Å². The van der Waals surface area contributed by atoms with Crippen molar-refractivity contribution in [3.05, 3.63) is 86.5 Å². The fraction of sp³-hybridized carbons (Fsp3) is 0.346. The zero-order chi connectivity index (χ0) is 23.8. The molecule has 1 N–H and O–H groups in total. The van der Waals surface area contributed by atoms with Gasteiger partial charge in [0.05, 0.1) is 6.54 Å². The van der Waals surface area contributed by atoms with Gasteiger partial charge in [-0.05, 0) is 56.9 Å². The van der Waals surface area contributed by atoms with Crippen molar-refractivity contribution < 1.29 is 4.79 Å². The van der Waals surface area contributed by atoms with Crippen molar-refractivity contribution in [2.45, 2.75) is 46.1 Å². The van der Waals surface area contributed by atoms with Gasteiger partial charge in [-0.1, -0.05) is 46.7 Å². The molecule has 8 heteroatoms. The van der Waals surface area contributed by atoms with Crippen LogP contribution in [-0.2, 0) is 6.54 Å². The van der Waals surface area contributed by atoms with Crippen molar-refractivity contribution >= 4 is 17.1 Å². The normalized spacial score (nSPS) is 16.2. The second-order valence-corrected chi connectivity index (χ2v) is 9.26. The Labute approximate surface area is 197 Å².